The third kappa shape index (κ3) is 4.07. The van der Waals surface area contributed by atoms with Crippen LogP contribution >= 0.6 is 14.3 Å². The molecule has 0 spiro atoms. The van der Waals surface area contributed by atoms with Crippen molar-refractivity contribution in [3.8, 4) is 22.3 Å². The average molecular weight is 483 g/mol. The highest BCUT2D eigenvalue weighted by molar-refractivity contribution is 7.70. The van der Waals surface area contributed by atoms with E-state index >= 15 is 0 Å². The fourth-order valence-corrected chi connectivity index (χ4v) is 6.53. The molecule has 0 aromatic heterocycles. The fourth-order valence-electron chi connectivity index (χ4n) is 4.74. The minimum absolute atomic E-state index is 0.886. The van der Waals surface area contributed by atoms with Gasteiger partial charge in [-0.15, -0.1) is 0 Å². The van der Waals surface area contributed by atoms with Crippen LogP contribution in [0.3, 0.4) is 0 Å². The lowest BCUT2D eigenvalue weighted by atomic mass is 9.86. The molecule has 0 saturated heterocycles. The Morgan fingerprint density at radius 2 is 0.765 bits per heavy atom. The minimum atomic E-state index is -2.39. The Morgan fingerprint density at radius 1 is 0.441 bits per heavy atom. The lowest BCUT2D eigenvalue weighted by molar-refractivity contribution is 0.587. The Balaban J connectivity index is 1.91. The molecule has 2 nitrogen and oxygen atoms in total. The molecule has 5 aromatic rings. The van der Waals surface area contributed by atoms with E-state index in [4.69, 9.17) is 0 Å². The van der Waals surface area contributed by atoms with Crippen LogP contribution in [0.4, 0.5) is 0 Å². The van der Waals surface area contributed by atoms with Crippen molar-refractivity contribution in [2.45, 2.75) is 0 Å². The summed E-state index contributed by atoms with van der Waals surface area (Å²) in [4.78, 5) is 0. The van der Waals surface area contributed by atoms with Crippen LogP contribution in [0.5, 0.6) is 0 Å². The van der Waals surface area contributed by atoms with Crippen LogP contribution < -0.4 is 10.6 Å². The van der Waals surface area contributed by atoms with Crippen LogP contribution in [0.25, 0.3) is 43.8 Å². The van der Waals surface area contributed by atoms with Crippen LogP contribution in [0.2, 0.25) is 0 Å². The van der Waals surface area contributed by atoms with Crippen molar-refractivity contribution in [1.29, 1.82) is 0 Å². The highest BCUT2D eigenvalue weighted by Crippen LogP contribution is 2.45. The molecule has 0 radical (unpaired) electrons. The monoisotopic (exact) mass is 482 g/mol. The van der Waals surface area contributed by atoms with Crippen LogP contribution in [-0.2, 0) is 9.13 Å². The Labute approximate surface area is 201 Å². The highest BCUT2D eigenvalue weighted by Gasteiger charge is 2.19. The predicted molar refractivity (Wildman–Crippen MR) is 151 cm³/mol. The standard InChI is InChI=1S/C30H28O2P2/c1-33(2,31)23-13-9-11-21(19-23)29-25-15-5-7-17-27(25)30(28-18-8-6-16-26(28)29)22-12-10-14-24(20-22)34(3,4)32/h5-20H,1-4H3. The number of rotatable bonds is 4. The van der Waals surface area contributed by atoms with Gasteiger partial charge in [-0.3, -0.25) is 0 Å². The average Bonchev–Trinajstić information content (AvgIpc) is 2.81. The SMILES string of the molecule is CP(C)(=O)c1cccc(-c2c3ccccc3c(-c3cccc(P(C)(C)=O)c3)c3ccccc23)c1. The van der Waals surface area contributed by atoms with E-state index in [-0.39, 0.29) is 0 Å². The Morgan fingerprint density at radius 3 is 1.06 bits per heavy atom. The largest absolute Gasteiger partial charge is 0.319 e. The molecule has 0 saturated carbocycles. The number of benzene rings is 5. The second kappa shape index (κ2) is 8.38. The summed E-state index contributed by atoms with van der Waals surface area (Å²) in [5, 5.41) is 6.37. The van der Waals surface area contributed by atoms with Gasteiger partial charge < -0.3 is 9.13 Å². The van der Waals surface area contributed by atoms with Crippen molar-refractivity contribution in [3.05, 3.63) is 97.1 Å². The normalized spacial score (nSPS) is 12.4. The van der Waals surface area contributed by atoms with Gasteiger partial charge in [0.2, 0.25) is 0 Å². The molecule has 0 atom stereocenters. The molecule has 0 aliphatic rings. The van der Waals surface area contributed by atoms with Gasteiger partial charge in [-0.05, 0) is 82.6 Å². The second-order valence-electron chi connectivity index (χ2n) is 9.64. The maximum absolute atomic E-state index is 12.9. The Bertz CT molecular complexity index is 1470. The zero-order valence-corrected chi connectivity index (χ0v) is 21.7. The maximum atomic E-state index is 12.9. The van der Waals surface area contributed by atoms with Crippen LogP contribution in [0.15, 0.2) is 97.1 Å². The first-order chi connectivity index (χ1) is 16.1. The van der Waals surface area contributed by atoms with Crippen LogP contribution in [-0.4, -0.2) is 26.7 Å². The van der Waals surface area contributed by atoms with Crippen molar-refractivity contribution in [1.82, 2.24) is 0 Å². The third-order valence-electron chi connectivity index (χ3n) is 6.44. The molecule has 34 heavy (non-hydrogen) atoms. The summed E-state index contributed by atoms with van der Waals surface area (Å²) in [5.41, 5.74) is 4.44. The molecule has 4 heteroatoms. The van der Waals surface area contributed by atoms with E-state index in [0.717, 1.165) is 54.4 Å². The zero-order valence-electron chi connectivity index (χ0n) is 19.9. The Hall–Kier alpha value is -2.92. The van der Waals surface area contributed by atoms with Gasteiger partial charge in [0.15, 0.2) is 0 Å². The van der Waals surface area contributed by atoms with Crippen molar-refractivity contribution < 1.29 is 9.13 Å². The number of fused-ring (bicyclic) bond motifs is 2. The molecule has 170 valence electrons. The van der Waals surface area contributed by atoms with Crippen molar-refractivity contribution in [2.24, 2.45) is 0 Å². The van der Waals surface area contributed by atoms with Gasteiger partial charge in [0, 0.05) is 10.6 Å². The molecular weight excluding hydrogens is 454 g/mol. The molecule has 5 aromatic carbocycles. The van der Waals surface area contributed by atoms with Gasteiger partial charge in [-0.1, -0.05) is 84.9 Å². The zero-order chi connectivity index (χ0) is 24.1. The number of hydrogen-bond donors (Lipinski definition) is 0. The Kier molecular flexibility index (Phi) is 5.64. The lowest BCUT2D eigenvalue weighted by Gasteiger charge is -2.19. The smallest absolute Gasteiger partial charge is 0.109 e. The third-order valence-corrected chi connectivity index (χ3v) is 9.49. The maximum Gasteiger partial charge on any atom is 0.109 e. The predicted octanol–water partition coefficient (Wildman–Crippen LogP) is 7.82. The topological polar surface area (TPSA) is 34.1 Å². The lowest BCUT2D eigenvalue weighted by Crippen LogP contribution is -2.03. The molecule has 0 bridgehead atoms. The first kappa shape index (κ1) is 22.9. The van der Waals surface area contributed by atoms with Crippen molar-refractivity contribution in [3.63, 3.8) is 0 Å². The minimum Gasteiger partial charge on any atom is -0.319 e. The summed E-state index contributed by atoms with van der Waals surface area (Å²) >= 11 is 0. The van der Waals surface area contributed by atoms with E-state index in [1.54, 1.807) is 0 Å². The summed E-state index contributed by atoms with van der Waals surface area (Å²) in [6.45, 7) is 7.27. The van der Waals surface area contributed by atoms with E-state index in [2.05, 4.69) is 72.8 Å². The molecule has 0 aliphatic heterocycles. The van der Waals surface area contributed by atoms with Gasteiger partial charge in [-0.2, -0.15) is 0 Å². The fraction of sp³-hybridized carbons (Fsp3) is 0.133. The van der Waals surface area contributed by atoms with E-state index in [1.165, 1.54) is 0 Å². The summed E-state index contributed by atoms with van der Waals surface area (Å²) in [6.07, 6.45) is 0. The van der Waals surface area contributed by atoms with Gasteiger partial charge >= 0.3 is 0 Å². The molecule has 0 heterocycles. The highest BCUT2D eigenvalue weighted by atomic mass is 31.2. The van der Waals surface area contributed by atoms with E-state index < -0.39 is 14.3 Å². The quantitative estimate of drug-likeness (QED) is 0.193. The van der Waals surface area contributed by atoms with E-state index in [9.17, 15) is 9.13 Å². The summed E-state index contributed by atoms with van der Waals surface area (Å²) in [7, 11) is -4.78. The van der Waals surface area contributed by atoms with E-state index in [0.29, 0.717) is 0 Å². The molecular formula is C30H28O2P2. The summed E-state index contributed by atoms with van der Waals surface area (Å²) in [6, 6.07) is 33.3. The number of hydrogen-bond acceptors (Lipinski definition) is 2. The van der Waals surface area contributed by atoms with Gasteiger partial charge in [0.05, 0.1) is 0 Å². The van der Waals surface area contributed by atoms with Crippen LogP contribution in [0, 0.1) is 0 Å². The molecule has 0 unspecified atom stereocenters. The van der Waals surface area contributed by atoms with Gasteiger partial charge in [0.25, 0.3) is 0 Å². The molecule has 0 fully saturated rings. The van der Waals surface area contributed by atoms with Gasteiger partial charge in [-0.25, -0.2) is 0 Å². The summed E-state index contributed by atoms with van der Waals surface area (Å²) in [5.74, 6) is 0. The first-order valence-corrected chi connectivity index (χ1v) is 16.6. The molecule has 5 rings (SSSR count). The summed E-state index contributed by atoms with van der Waals surface area (Å²) < 4.78 is 25.7. The van der Waals surface area contributed by atoms with Crippen LogP contribution in [0.1, 0.15) is 0 Å². The van der Waals surface area contributed by atoms with Crippen molar-refractivity contribution in [2.75, 3.05) is 26.7 Å². The molecule has 0 amide bonds. The molecule has 0 aliphatic carbocycles. The van der Waals surface area contributed by atoms with Gasteiger partial charge in [0.1, 0.15) is 14.3 Å². The second-order valence-corrected chi connectivity index (χ2v) is 16.1. The molecule has 0 N–H and O–H groups in total. The van der Waals surface area contributed by atoms with E-state index in [1.807, 2.05) is 50.9 Å². The first-order valence-electron chi connectivity index (χ1n) is 11.4. The van der Waals surface area contributed by atoms with Crippen molar-refractivity contribution >= 4 is 46.4 Å².